The zero-order chi connectivity index (χ0) is 20.5. The summed E-state index contributed by atoms with van der Waals surface area (Å²) < 4.78 is 17.7. The molecule has 0 heterocycles. The first-order valence-electron chi connectivity index (χ1n) is 9.12. The highest BCUT2D eigenvalue weighted by Crippen LogP contribution is 2.14. The second kappa shape index (κ2) is 10.3. The smallest absolute Gasteiger partial charge is 0.306 e. The standard InChI is InChI=1S/C22H24FNO4/c1-15-3-4-16(2)19(13-15)20(25)9-10-22(27)28-14-21(26)24-12-11-17-5-7-18(23)8-6-17/h3-8,13H,9-12,14H2,1-2H3,(H,24,26). The number of esters is 1. The van der Waals surface area contributed by atoms with Gasteiger partial charge in [-0.15, -0.1) is 0 Å². The Morgan fingerprint density at radius 2 is 1.71 bits per heavy atom. The second-order valence-electron chi connectivity index (χ2n) is 6.63. The molecule has 0 aromatic heterocycles. The van der Waals surface area contributed by atoms with Gasteiger partial charge in [0.15, 0.2) is 12.4 Å². The molecule has 1 amide bonds. The fraction of sp³-hybridized carbons (Fsp3) is 0.318. The Kier molecular flexibility index (Phi) is 7.87. The molecule has 0 radical (unpaired) electrons. The van der Waals surface area contributed by atoms with Gasteiger partial charge in [-0.05, 0) is 49.6 Å². The van der Waals surface area contributed by atoms with Gasteiger partial charge in [-0.1, -0.05) is 29.8 Å². The molecule has 148 valence electrons. The van der Waals surface area contributed by atoms with E-state index in [1.807, 2.05) is 26.0 Å². The maximum Gasteiger partial charge on any atom is 0.306 e. The highest BCUT2D eigenvalue weighted by Gasteiger charge is 2.13. The number of ether oxygens (including phenoxy) is 1. The largest absolute Gasteiger partial charge is 0.456 e. The van der Waals surface area contributed by atoms with Crippen LogP contribution in [0.5, 0.6) is 0 Å². The van der Waals surface area contributed by atoms with Gasteiger partial charge >= 0.3 is 5.97 Å². The quantitative estimate of drug-likeness (QED) is 0.531. The van der Waals surface area contributed by atoms with Gasteiger partial charge in [-0.2, -0.15) is 0 Å². The van der Waals surface area contributed by atoms with Crippen molar-refractivity contribution in [2.45, 2.75) is 33.1 Å². The topological polar surface area (TPSA) is 72.5 Å². The van der Waals surface area contributed by atoms with E-state index in [0.717, 1.165) is 16.7 Å². The van der Waals surface area contributed by atoms with Crippen LogP contribution < -0.4 is 5.32 Å². The number of nitrogens with one attached hydrogen (secondary N) is 1. The number of carbonyl (C=O) groups excluding carboxylic acids is 3. The average Bonchev–Trinajstić information content (AvgIpc) is 2.68. The summed E-state index contributed by atoms with van der Waals surface area (Å²) in [4.78, 5) is 35.7. The van der Waals surface area contributed by atoms with Crippen molar-refractivity contribution >= 4 is 17.7 Å². The molecule has 2 aromatic rings. The molecule has 0 aliphatic rings. The van der Waals surface area contributed by atoms with E-state index in [4.69, 9.17) is 4.74 Å². The van der Waals surface area contributed by atoms with Crippen molar-refractivity contribution in [3.8, 4) is 0 Å². The molecule has 0 saturated carbocycles. The maximum atomic E-state index is 12.8. The van der Waals surface area contributed by atoms with Gasteiger partial charge in [0.2, 0.25) is 0 Å². The molecule has 2 rings (SSSR count). The van der Waals surface area contributed by atoms with Crippen molar-refractivity contribution < 1.29 is 23.5 Å². The van der Waals surface area contributed by atoms with Crippen molar-refractivity contribution in [1.29, 1.82) is 0 Å². The number of benzene rings is 2. The Balaban J connectivity index is 1.66. The van der Waals surface area contributed by atoms with Crippen LogP contribution in [-0.4, -0.2) is 30.8 Å². The van der Waals surface area contributed by atoms with E-state index in [1.54, 1.807) is 18.2 Å². The number of hydrogen-bond donors (Lipinski definition) is 1. The first-order chi connectivity index (χ1) is 13.3. The van der Waals surface area contributed by atoms with E-state index in [2.05, 4.69) is 5.32 Å². The number of aryl methyl sites for hydroxylation is 2. The molecule has 2 aromatic carbocycles. The molecule has 0 bridgehead atoms. The minimum atomic E-state index is -0.590. The molecule has 0 atom stereocenters. The summed E-state index contributed by atoms with van der Waals surface area (Å²) >= 11 is 0. The van der Waals surface area contributed by atoms with E-state index < -0.39 is 11.9 Å². The minimum Gasteiger partial charge on any atom is -0.456 e. The summed E-state index contributed by atoms with van der Waals surface area (Å²) in [5, 5.41) is 2.63. The van der Waals surface area contributed by atoms with Crippen LogP contribution in [-0.2, 0) is 20.7 Å². The van der Waals surface area contributed by atoms with E-state index in [9.17, 15) is 18.8 Å². The fourth-order valence-electron chi connectivity index (χ4n) is 2.65. The highest BCUT2D eigenvalue weighted by atomic mass is 19.1. The molecule has 6 heteroatoms. The summed E-state index contributed by atoms with van der Waals surface area (Å²) in [5.74, 6) is -1.44. The molecular weight excluding hydrogens is 361 g/mol. The molecule has 1 N–H and O–H groups in total. The summed E-state index contributed by atoms with van der Waals surface area (Å²) in [6.07, 6.45) is 0.509. The van der Waals surface area contributed by atoms with Gasteiger partial charge in [0.25, 0.3) is 5.91 Å². The molecule has 0 unspecified atom stereocenters. The predicted octanol–water partition coefficient (Wildman–Crippen LogP) is 3.31. The summed E-state index contributed by atoms with van der Waals surface area (Å²) in [6, 6.07) is 11.6. The van der Waals surface area contributed by atoms with Crippen molar-refractivity contribution in [2.75, 3.05) is 13.2 Å². The van der Waals surface area contributed by atoms with Crippen LogP contribution in [0.4, 0.5) is 4.39 Å². The monoisotopic (exact) mass is 385 g/mol. The van der Waals surface area contributed by atoms with Gasteiger partial charge in [-0.25, -0.2) is 4.39 Å². The Hall–Kier alpha value is -3.02. The summed E-state index contributed by atoms with van der Waals surface area (Å²) in [5.41, 5.74) is 3.34. The van der Waals surface area contributed by atoms with Crippen molar-refractivity contribution in [1.82, 2.24) is 5.32 Å². The van der Waals surface area contributed by atoms with Gasteiger partial charge in [0, 0.05) is 18.5 Å². The third kappa shape index (κ3) is 6.95. The van der Waals surface area contributed by atoms with Crippen LogP contribution in [0.15, 0.2) is 42.5 Å². The van der Waals surface area contributed by atoms with Gasteiger partial charge < -0.3 is 10.1 Å². The van der Waals surface area contributed by atoms with E-state index in [-0.39, 0.29) is 31.0 Å². The maximum absolute atomic E-state index is 12.8. The van der Waals surface area contributed by atoms with Crippen LogP contribution in [0, 0.1) is 19.7 Å². The lowest BCUT2D eigenvalue weighted by molar-refractivity contribution is -0.148. The Morgan fingerprint density at radius 3 is 2.43 bits per heavy atom. The Bertz CT molecular complexity index is 846. The number of amides is 1. The molecule has 0 fully saturated rings. The Morgan fingerprint density at radius 1 is 1.00 bits per heavy atom. The number of hydrogen-bond acceptors (Lipinski definition) is 4. The van der Waals surface area contributed by atoms with Gasteiger partial charge in [0.05, 0.1) is 6.42 Å². The zero-order valence-corrected chi connectivity index (χ0v) is 16.1. The van der Waals surface area contributed by atoms with E-state index >= 15 is 0 Å². The zero-order valence-electron chi connectivity index (χ0n) is 16.1. The molecule has 5 nitrogen and oxygen atoms in total. The lowest BCUT2D eigenvalue weighted by atomic mass is 9.99. The lowest BCUT2D eigenvalue weighted by Gasteiger charge is -2.08. The molecule has 0 aliphatic heterocycles. The van der Waals surface area contributed by atoms with Crippen molar-refractivity contribution in [2.24, 2.45) is 0 Å². The SMILES string of the molecule is Cc1ccc(C)c(C(=O)CCC(=O)OCC(=O)NCCc2ccc(F)cc2)c1. The third-order valence-electron chi connectivity index (χ3n) is 4.26. The first kappa shape index (κ1) is 21.3. The third-order valence-corrected chi connectivity index (χ3v) is 4.26. The second-order valence-corrected chi connectivity index (χ2v) is 6.63. The highest BCUT2D eigenvalue weighted by molar-refractivity contribution is 5.99. The summed E-state index contributed by atoms with van der Waals surface area (Å²) in [6.45, 7) is 3.72. The number of Topliss-reactive ketones (excluding diaryl/α,β-unsaturated/α-hetero) is 1. The number of halogens is 1. The van der Waals surface area contributed by atoms with Crippen LogP contribution in [0.25, 0.3) is 0 Å². The van der Waals surface area contributed by atoms with E-state index in [1.165, 1.54) is 12.1 Å². The fourth-order valence-corrected chi connectivity index (χ4v) is 2.65. The average molecular weight is 385 g/mol. The van der Waals surface area contributed by atoms with E-state index in [0.29, 0.717) is 18.5 Å². The minimum absolute atomic E-state index is 0.0370. The number of rotatable bonds is 9. The Labute approximate surface area is 163 Å². The first-order valence-corrected chi connectivity index (χ1v) is 9.12. The lowest BCUT2D eigenvalue weighted by Crippen LogP contribution is -2.30. The molecule has 0 saturated heterocycles. The van der Waals surface area contributed by atoms with Crippen molar-refractivity contribution in [3.05, 3.63) is 70.5 Å². The molecule has 0 aliphatic carbocycles. The number of carbonyl (C=O) groups is 3. The van der Waals surface area contributed by atoms with Crippen LogP contribution in [0.1, 0.15) is 39.9 Å². The van der Waals surface area contributed by atoms with Crippen LogP contribution in [0.2, 0.25) is 0 Å². The van der Waals surface area contributed by atoms with Crippen molar-refractivity contribution in [3.63, 3.8) is 0 Å². The van der Waals surface area contributed by atoms with Gasteiger partial charge in [-0.3, -0.25) is 14.4 Å². The van der Waals surface area contributed by atoms with Crippen LogP contribution in [0.3, 0.4) is 0 Å². The summed E-state index contributed by atoms with van der Waals surface area (Å²) in [7, 11) is 0. The molecule has 0 spiro atoms. The van der Waals surface area contributed by atoms with Gasteiger partial charge in [0.1, 0.15) is 5.82 Å². The van der Waals surface area contributed by atoms with Crippen LogP contribution >= 0.6 is 0 Å². The normalized spacial score (nSPS) is 10.4. The predicted molar refractivity (Wildman–Crippen MR) is 104 cm³/mol. The number of ketones is 1. The molecule has 28 heavy (non-hydrogen) atoms. The molecular formula is C22H24FNO4.